The van der Waals surface area contributed by atoms with E-state index >= 15 is 0 Å². The third kappa shape index (κ3) is 3.28. The van der Waals surface area contributed by atoms with E-state index in [9.17, 15) is 12.8 Å². The van der Waals surface area contributed by atoms with E-state index < -0.39 is 15.8 Å². The first kappa shape index (κ1) is 16.0. The van der Waals surface area contributed by atoms with Gasteiger partial charge >= 0.3 is 0 Å². The van der Waals surface area contributed by atoms with Crippen LogP contribution in [0.5, 0.6) is 0 Å². The van der Waals surface area contributed by atoms with Gasteiger partial charge in [-0.15, -0.1) is 11.3 Å². The third-order valence-corrected chi connectivity index (χ3v) is 6.11. The monoisotopic (exact) mass is 417 g/mol. The van der Waals surface area contributed by atoms with Crippen LogP contribution in [-0.2, 0) is 10.0 Å². The number of nitrogens with one attached hydrogen (secondary N) is 1. The van der Waals surface area contributed by atoms with E-state index in [0.29, 0.717) is 8.66 Å². The summed E-state index contributed by atoms with van der Waals surface area (Å²) >= 11 is 15.8. The van der Waals surface area contributed by atoms with Gasteiger partial charge in [0.1, 0.15) is 4.90 Å². The smallest absolute Gasteiger partial charge is 0.263 e. The molecule has 2 aromatic rings. The fourth-order valence-electron chi connectivity index (χ4n) is 1.52. The number of anilines is 1. The van der Waals surface area contributed by atoms with Crippen LogP contribution in [0, 0.1) is 12.7 Å². The lowest BCUT2D eigenvalue weighted by Crippen LogP contribution is -2.13. The molecule has 9 heteroatoms. The summed E-state index contributed by atoms with van der Waals surface area (Å²) in [6.07, 6.45) is 0. The number of hydrogen-bond donors (Lipinski definition) is 1. The Balaban J connectivity index is 2.41. The summed E-state index contributed by atoms with van der Waals surface area (Å²) in [6, 6.07) is 3.82. The van der Waals surface area contributed by atoms with Gasteiger partial charge in [0, 0.05) is 4.88 Å². The molecule has 0 spiro atoms. The van der Waals surface area contributed by atoms with Crippen LogP contribution in [0.4, 0.5) is 10.1 Å². The Morgan fingerprint density at radius 2 is 1.80 bits per heavy atom. The zero-order valence-corrected chi connectivity index (χ0v) is 14.6. The summed E-state index contributed by atoms with van der Waals surface area (Å²) in [6.45, 7) is 1.69. The summed E-state index contributed by atoms with van der Waals surface area (Å²) < 4.78 is 40.8. The zero-order chi connectivity index (χ0) is 15.1. The van der Waals surface area contributed by atoms with E-state index in [1.165, 1.54) is 17.4 Å². The number of rotatable bonds is 3. The maximum absolute atomic E-state index is 13.3. The van der Waals surface area contributed by atoms with Gasteiger partial charge in [0.15, 0.2) is 5.82 Å². The first-order chi connectivity index (χ1) is 9.20. The Morgan fingerprint density at radius 3 is 2.25 bits per heavy atom. The van der Waals surface area contributed by atoms with Crippen molar-refractivity contribution in [3.63, 3.8) is 0 Å². The quantitative estimate of drug-likeness (QED) is 0.707. The summed E-state index contributed by atoms with van der Waals surface area (Å²) in [4.78, 5) is 0.773. The van der Waals surface area contributed by atoms with Crippen LogP contribution in [0.2, 0.25) is 10.0 Å². The Hall–Kier alpha value is -0.340. The molecule has 1 heterocycles. The van der Waals surface area contributed by atoms with Gasteiger partial charge in [-0.05, 0) is 41.1 Å². The predicted octanol–water partition coefficient (Wildman–Crippen LogP) is 5.07. The molecule has 0 amide bonds. The lowest BCUT2D eigenvalue weighted by molar-refractivity contribution is 0.601. The molecule has 0 fully saturated rings. The second kappa shape index (κ2) is 5.81. The van der Waals surface area contributed by atoms with Gasteiger partial charge in [0.25, 0.3) is 10.0 Å². The molecule has 0 atom stereocenters. The Labute approximate surface area is 137 Å². The second-order valence-corrected chi connectivity index (χ2v) is 8.93. The molecule has 0 saturated heterocycles. The highest BCUT2D eigenvalue weighted by Gasteiger charge is 2.20. The predicted molar refractivity (Wildman–Crippen MR) is 84.0 cm³/mol. The van der Waals surface area contributed by atoms with Crippen molar-refractivity contribution in [2.75, 3.05) is 4.72 Å². The zero-order valence-electron chi connectivity index (χ0n) is 9.88. The van der Waals surface area contributed by atoms with E-state index in [1.54, 1.807) is 6.92 Å². The van der Waals surface area contributed by atoms with Gasteiger partial charge in [-0.25, -0.2) is 12.8 Å². The average Bonchev–Trinajstić information content (AvgIpc) is 2.65. The number of hydrogen-bond acceptors (Lipinski definition) is 3. The maximum atomic E-state index is 13.3. The molecule has 1 aromatic heterocycles. The van der Waals surface area contributed by atoms with Gasteiger partial charge in [0.2, 0.25) is 0 Å². The molecular formula is C11H7BrCl2FNO2S2. The first-order valence-electron chi connectivity index (χ1n) is 5.14. The summed E-state index contributed by atoms with van der Waals surface area (Å²) in [5, 5.41) is -0.503. The molecule has 0 radical (unpaired) electrons. The molecular weight excluding hydrogens is 412 g/mol. The van der Waals surface area contributed by atoms with E-state index in [1.807, 2.05) is 0 Å². The fourth-order valence-corrected chi connectivity index (χ4v) is 5.47. The van der Waals surface area contributed by atoms with Crippen molar-refractivity contribution >= 4 is 66.2 Å². The molecule has 3 nitrogen and oxygen atoms in total. The lowest BCUT2D eigenvalue weighted by atomic mass is 10.3. The van der Waals surface area contributed by atoms with Crippen LogP contribution in [0.15, 0.2) is 26.9 Å². The summed E-state index contributed by atoms with van der Waals surface area (Å²) in [7, 11) is -3.78. The maximum Gasteiger partial charge on any atom is 0.263 e. The van der Waals surface area contributed by atoms with Crippen molar-refractivity contribution in [3.8, 4) is 0 Å². The van der Waals surface area contributed by atoms with E-state index in [2.05, 4.69) is 20.7 Å². The van der Waals surface area contributed by atoms with Crippen molar-refractivity contribution in [1.29, 1.82) is 0 Å². The van der Waals surface area contributed by atoms with E-state index in [0.717, 1.165) is 12.1 Å². The minimum absolute atomic E-state index is 0.100. The van der Waals surface area contributed by atoms with Crippen molar-refractivity contribution in [1.82, 2.24) is 0 Å². The van der Waals surface area contributed by atoms with Crippen LogP contribution < -0.4 is 4.72 Å². The second-order valence-electron chi connectivity index (χ2n) is 3.83. The molecule has 1 N–H and O–H groups in total. The molecule has 108 valence electrons. The highest BCUT2D eigenvalue weighted by atomic mass is 79.9. The SMILES string of the molecule is Cc1sc(Br)cc1S(=O)(=O)Nc1cc(Cl)c(F)c(Cl)c1. The lowest BCUT2D eigenvalue weighted by Gasteiger charge is -2.09. The molecule has 0 unspecified atom stereocenters. The molecule has 1 aromatic carbocycles. The van der Waals surface area contributed by atoms with E-state index in [4.69, 9.17) is 23.2 Å². The third-order valence-electron chi connectivity index (χ3n) is 2.37. The Morgan fingerprint density at radius 1 is 1.25 bits per heavy atom. The van der Waals surface area contributed by atoms with Gasteiger partial charge in [-0.3, -0.25) is 4.72 Å². The standard InChI is InChI=1S/C11H7BrCl2FNO2S2/c1-5-9(4-10(12)19-5)20(17,18)16-6-2-7(13)11(15)8(14)3-6/h2-4,16H,1H3. The van der Waals surface area contributed by atoms with E-state index in [-0.39, 0.29) is 20.6 Å². The topological polar surface area (TPSA) is 46.2 Å². The van der Waals surface area contributed by atoms with Crippen LogP contribution in [0.25, 0.3) is 0 Å². The molecule has 0 aliphatic heterocycles. The van der Waals surface area contributed by atoms with Gasteiger partial charge < -0.3 is 0 Å². The number of halogens is 4. The minimum Gasteiger partial charge on any atom is -0.279 e. The average molecular weight is 419 g/mol. The highest BCUT2D eigenvalue weighted by molar-refractivity contribution is 9.11. The first-order valence-corrected chi connectivity index (χ1v) is 8.99. The Kier molecular flexibility index (Phi) is 4.66. The Bertz CT molecular complexity index is 754. The van der Waals surface area contributed by atoms with Crippen LogP contribution >= 0.6 is 50.5 Å². The van der Waals surface area contributed by atoms with Crippen molar-refractivity contribution in [2.24, 2.45) is 0 Å². The normalized spacial score (nSPS) is 11.7. The van der Waals surface area contributed by atoms with Crippen molar-refractivity contribution in [2.45, 2.75) is 11.8 Å². The van der Waals surface area contributed by atoms with Crippen molar-refractivity contribution in [3.05, 3.63) is 42.7 Å². The summed E-state index contributed by atoms with van der Waals surface area (Å²) in [5.74, 6) is -0.786. The molecule has 20 heavy (non-hydrogen) atoms. The number of benzene rings is 1. The molecule has 0 saturated carbocycles. The van der Waals surface area contributed by atoms with Crippen LogP contribution in [-0.4, -0.2) is 8.42 Å². The van der Waals surface area contributed by atoms with Gasteiger partial charge in [-0.2, -0.15) is 0 Å². The van der Waals surface area contributed by atoms with Crippen molar-refractivity contribution < 1.29 is 12.8 Å². The van der Waals surface area contributed by atoms with Crippen LogP contribution in [0.3, 0.4) is 0 Å². The minimum atomic E-state index is -3.78. The number of thiophene rings is 1. The fraction of sp³-hybridized carbons (Fsp3) is 0.0909. The molecule has 0 aliphatic carbocycles. The molecule has 2 rings (SSSR count). The number of sulfonamides is 1. The largest absolute Gasteiger partial charge is 0.279 e. The molecule has 0 aliphatic rings. The summed E-state index contributed by atoms with van der Waals surface area (Å²) in [5.41, 5.74) is 0.100. The highest BCUT2D eigenvalue weighted by Crippen LogP contribution is 2.32. The van der Waals surface area contributed by atoms with Gasteiger partial charge in [-0.1, -0.05) is 23.2 Å². The molecule has 0 bridgehead atoms. The van der Waals surface area contributed by atoms with Gasteiger partial charge in [0.05, 0.1) is 19.5 Å². The van der Waals surface area contributed by atoms with Crippen LogP contribution in [0.1, 0.15) is 4.88 Å². The number of aryl methyl sites for hydroxylation is 1.